The van der Waals surface area contributed by atoms with E-state index in [-0.39, 0.29) is 0 Å². The van der Waals surface area contributed by atoms with Gasteiger partial charge in [-0.25, -0.2) is 4.98 Å². The molecule has 0 unspecified atom stereocenters. The highest BCUT2D eigenvalue weighted by molar-refractivity contribution is 7.81. The van der Waals surface area contributed by atoms with Gasteiger partial charge in [0.25, 0.3) is 0 Å². The van der Waals surface area contributed by atoms with Gasteiger partial charge >= 0.3 is 0 Å². The summed E-state index contributed by atoms with van der Waals surface area (Å²) in [6.45, 7) is 0. The Balaban J connectivity index is 1.97. The quantitative estimate of drug-likeness (QED) is 0.538. The minimum Gasteiger partial charge on any atom is -0.333 e. The summed E-state index contributed by atoms with van der Waals surface area (Å²) in [6, 6.07) is 18.7. The van der Waals surface area contributed by atoms with Gasteiger partial charge in [-0.2, -0.15) is 0 Å². The summed E-state index contributed by atoms with van der Waals surface area (Å²) < 4.78 is 1.96. The van der Waals surface area contributed by atoms with E-state index in [1.54, 1.807) is 6.20 Å². The molecule has 3 rings (SSSR count). The number of aromatic nitrogens is 2. The first-order valence-corrected chi connectivity index (χ1v) is 7.30. The predicted molar refractivity (Wildman–Crippen MR) is 89.7 cm³/mol. The van der Waals surface area contributed by atoms with Crippen LogP contribution in [-0.4, -0.2) is 14.4 Å². The SMILES string of the molecule is Cn1ccnc1C(=S)c1ccccc1Cc1ccccc1. The second-order valence-corrected chi connectivity index (χ2v) is 5.42. The van der Waals surface area contributed by atoms with Gasteiger partial charge in [-0.3, -0.25) is 0 Å². The summed E-state index contributed by atoms with van der Waals surface area (Å²) in [5, 5.41) is 0. The number of aryl methyl sites for hydroxylation is 1. The Morgan fingerprint density at radius 1 is 1.05 bits per heavy atom. The standard InChI is InChI=1S/C18H16N2S/c1-20-12-11-19-18(20)17(21)16-10-6-5-9-15(16)13-14-7-3-2-4-8-14/h2-12H,13H2,1H3. The van der Waals surface area contributed by atoms with Gasteiger partial charge in [0.15, 0.2) is 5.82 Å². The Bertz CT molecular complexity index is 760. The summed E-state index contributed by atoms with van der Waals surface area (Å²) in [6.07, 6.45) is 4.57. The zero-order valence-electron chi connectivity index (χ0n) is 11.9. The molecule has 0 aliphatic rings. The largest absolute Gasteiger partial charge is 0.333 e. The van der Waals surface area contributed by atoms with Gasteiger partial charge in [0.05, 0.1) is 4.86 Å². The maximum absolute atomic E-state index is 5.65. The number of thiocarbonyl (C=S) groups is 1. The van der Waals surface area contributed by atoms with Crippen molar-refractivity contribution >= 4 is 17.1 Å². The van der Waals surface area contributed by atoms with Gasteiger partial charge in [-0.1, -0.05) is 66.8 Å². The molecule has 0 spiro atoms. The molecule has 1 aromatic heterocycles. The van der Waals surface area contributed by atoms with Crippen molar-refractivity contribution < 1.29 is 0 Å². The van der Waals surface area contributed by atoms with Crippen LogP contribution in [0.4, 0.5) is 0 Å². The lowest BCUT2D eigenvalue weighted by Gasteiger charge is -2.11. The van der Waals surface area contributed by atoms with Crippen molar-refractivity contribution in [1.29, 1.82) is 0 Å². The molecule has 0 saturated carbocycles. The Hall–Kier alpha value is -2.26. The molecule has 1 heterocycles. The van der Waals surface area contributed by atoms with Crippen LogP contribution in [0.2, 0.25) is 0 Å². The van der Waals surface area contributed by atoms with Crippen LogP contribution in [0.15, 0.2) is 67.0 Å². The first kappa shape index (κ1) is 13.7. The van der Waals surface area contributed by atoms with Crippen LogP contribution in [-0.2, 0) is 13.5 Å². The van der Waals surface area contributed by atoms with E-state index < -0.39 is 0 Å². The summed E-state index contributed by atoms with van der Waals surface area (Å²) >= 11 is 5.65. The Labute approximate surface area is 130 Å². The van der Waals surface area contributed by atoms with Gasteiger partial charge < -0.3 is 4.57 Å². The fraction of sp³-hybridized carbons (Fsp3) is 0.111. The molecule has 0 aliphatic carbocycles. The molecular weight excluding hydrogens is 276 g/mol. The monoisotopic (exact) mass is 292 g/mol. The number of hydrogen-bond acceptors (Lipinski definition) is 2. The van der Waals surface area contributed by atoms with Crippen LogP contribution in [0.25, 0.3) is 0 Å². The average molecular weight is 292 g/mol. The van der Waals surface area contributed by atoms with Crippen molar-refractivity contribution in [2.75, 3.05) is 0 Å². The third-order valence-corrected chi connectivity index (χ3v) is 3.93. The van der Waals surface area contributed by atoms with E-state index in [9.17, 15) is 0 Å². The zero-order chi connectivity index (χ0) is 14.7. The molecule has 0 bridgehead atoms. The highest BCUT2D eigenvalue weighted by Crippen LogP contribution is 2.18. The molecule has 3 aromatic rings. The average Bonchev–Trinajstić information content (AvgIpc) is 2.94. The zero-order valence-corrected chi connectivity index (χ0v) is 12.7. The Morgan fingerprint density at radius 3 is 2.48 bits per heavy atom. The van der Waals surface area contributed by atoms with Gasteiger partial charge in [-0.15, -0.1) is 0 Å². The van der Waals surface area contributed by atoms with Crippen LogP contribution in [0.3, 0.4) is 0 Å². The normalized spacial score (nSPS) is 10.5. The molecule has 0 N–H and O–H groups in total. The Morgan fingerprint density at radius 2 is 1.76 bits per heavy atom. The second kappa shape index (κ2) is 6.02. The second-order valence-electron chi connectivity index (χ2n) is 5.01. The minimum absolute atomic E-state index is 0.800. The lowest BCUT2D eigenvalue weighted by Crippen LogP contribution is -2.10. The number of benzene rings is 2. The van der Waals surface area contributed by atoms with Gasteiger partial charge in [0.1, 0.15) is 0 Å². The van der Waals surface area contributed by atoms with Crippen LogP contribution >= 0.6 is 12.2 Å². The van der Waals surface area contributed by atoms with Crippen LogP contribution in [0, 0.1) is 0 Å². The molecule has 0 atom stereocenters. The van der Waals surface area contributed by atoms with Crippen LogP contribution < -0.4 is 0 Å². The lowest BCUT2D eigenvalue weighted by molar-refractivity contribution is 0.900. The van der Waals surface area contributed by atoms with E-state index in [1.165, 1.54) is 11.1 Å². The molecule has 0 aliphatic heterocycles. The third-order valence-electron chi connectivity index (χ3n) is 3.52. The third kappa shape index (κ3) is 2.93. The van der Waals surface area contributed by atoms with Gasteiger partial charge in [0.2, 0.25) is 0 Å². The van der Waals surface area contributed by atoms with E-state index in [4.69, 9.17) is 12.2 Å². The van der Waals surface area contributed by atoms with Gasteiger partial charge in [0, 0.05) is 19.4 Å². The highest BCUT2D eigenvalue weighted by atomic mass is 32.1. The number of hydrogen-bond donors (Lipinski definition) is 0. The van der Waals surface area contributed by atoms with E-state index in [2.05, 4.69) is 47.4 Å². The fourth-order valence-electron chi connectivity index (χ4n) is 2.42. The van der Waals surface area contributed by atoms with Crippen molar-refractivity contribution in [2.45, 2.75) is 6.42 Å². The molecular formula is C18H16N2S. The molecule has 0 amide bonds. The van der Waals surface area contributed by atoms with Crippen molar-refractivity contribution in [1.82, 2.24) is 9.55 Å². The summed E-state index contributed by atoms with van der Waals surface area (Å²) in [5.41, 5.74) is 3.61. The van der Waals surface area contributed by atoms with E-state index in [0.29, 0.717) is 0 Å². The molecule has 2 aromatic carbocycles. The molecule has 104 valence electrons. The van der Waals surface area contributed by atoms with Gasteiger partial charge in [-0.05, 0) is 23.1 Å². The van der Waals surface area contributed by atoms with E-state index in [1.807, 2.05) is 29.9 Å². The van der Waals surface area contributed by atoms with E-state index in [0.717, 1.165) is 22.7 Å². The molecule has 0 saturated heterocycles. The fourth-order valence-corrected chi connectivity index (χ4v) is 2.81. The number of rotatable bonds is 4. The smallest absolute Gasteiger partial charge is 0.151 e. The Kier molecular flexibility index (Phi) is 3.93. The maximum atomic E-state index is 5.65. The van der Waals surface area contributed by atoms with Crippen molar-refractivity contribution in [2.24, 2.45) is 7.05 Å². The van der Waals surface area contributed by atoms with Crippen LogP contribution in [0.1, 0.15) is 22.5 Å². The summed E-state index contributed by atoms with van der Waals surface area (Å²) in [4.78, 5) is 5.16. The summed E-state index contributed by atoms with van der Waals surface area (Å²) in [7, 11) is 1.97. The molecule has 3 heteroatoms. The first-order valence-electron chi connectivity index (χ1n) is 6.89. The number of nitrogens with zero attached hydrogens (tertiary/aromatic N) is 2. The lowest BCUT2D eigenvalue weighted by atomic mass is 9.97. The van der Waals surface area contributed by atoms with Crippen molar-refractivity contribution in [3.05, 3.63) is 89.5 Å². The topological polar surface area (TPSA) is 17.8 Å². The molecule has 2 nitrogen and oxygen atoms in total. The first-order chi connectivity index (χ1) is 10.3. The van der Waals surface area contributed by atoms with Crippen molar-refractivity contribution in [3.8, 4) is 0 Å². The van der Waals surface area contributed by atoms with Crippen LogP contribution in [0.5, 0.6) is 0 Å². The molecule has 0 radical (unpaired) electrons. The van der Waals surface area contributed by atoms with Crippen molar-refractivity contribution in [3.63, 3.8) is 0 Å². The van der Waals surface area contributed by atoms with E-state index >= 15 is 0 Å². The highest BCUT2D eigenvalue weighted by Gasteiger charge is 2.13. The number of imidazole rings is 1. The molecule has 21 heavy (non-hydrogen) atoms. The predicted octanol–water partition coefficient (Wildman–Crippen LogP) is 3.78. The maximum Gasteiger partial charge on any atom is 0.151 e. The summed E-state index contributed by atoms with van der Waals surface area (Å²) in [5.74, 6) is 0.838. The molecule has 0 fully saturated rings. The minimum atomic E-state index is 0.800.